The van der Waals surface area contributed by atoms with Crippen molar-refractivity contribution in [2.45, 2.75) is 12.5 Å². The first-order valence-corrected chi connectivity index (χ1v) is 9.25. The fourth-order valence-corrected chi connectivity index (χ4v) is 3.66. The Morgan fingerprint density at radius 3 is 2.00 bits per heavy atom. The van der Waals surface area contributed by atoms with Gasteiger partial charge >= 0.3 is 0 Å². The fraction of sp³-hybridized carbons (Fsp3) is 0.273. The standard InChI is InChI=1S/C22H24N4/c1-3-8-19(9-4-1)18-21(20-10-5-2-6-11-20)25-14-16-26(17-15-25)22-23-12-7-13-24-22/h1-13,21H,14-18H2. The topological polar surface area (TPSA) is 32.3 Å². The number of anilines is 1. The molecular weight excluding hydrogens is 320 g/mol. The van der Waals surface area contributed by atoms with Gasteiger partial charge in [-0.15, -0.1) is 0 Å². The predicted octanol–water partition coefficient (Wildman–Crippen LogP) is 3.58. The number of hydrogen-bond acceptors (Lipinski definition) is 4. The highest BCUT2D eigenvalue weighted by Gasteiger charge is 2.26. The Balaban J connectivity index is 1.50. The third-order valence-electron chi connectivity index (χ3n) is 5.05. The highest BCUT2D eigenvalue weighted by Crippen LogP contribution is 2.26. The van der Waals surface area contributed by atoms with Crippen molar-refractivity contribution in [3.05, 3.63) is 90.3 Å². The Morgan fingerprint density at radius 2 is 1.35 bits per heavy atom. The van der Waals surface area contributed by atoms with Crippen molar-refractivity contribution >= 4 is 5.95 Å². The average Bonchev–Trinajstić information content (AvgIpc) is 2.74. The zero-order valence-electron chi connectivity index (χ0n) is 14.9. The lowest BCUT2D eigenvalue weighted by Crippen LogP contribution is -2.48. The Kier molecular flexibility index (Phi) is 5.22. The Bertz CT molecular complexity index is 784. The third-order valence-corrected chi connectivity index (χ3v) is 5.05. The van der Waals surface area contributed by atoms with Crippen molar-refractivity contribution in [2.75, 3.05) is 31.1 Å². The minimum atomic E-state index is 0.400. The largest absolute Gasteiger partial charge is 0.338 e. The summed E-state index contributed by atoms with van der Waals surface area (Å²) in [5, 5.41) is 0. The van der Waals surface area contributed by atoms with E-state index in [1.54, 1.807) is 0 Å². The number of aromatic nitrogens is 2. The van der Waals surface area contributed by atoms with Crippen LogP contribution in [0.15, 0.2) is 79.1 Å². The van der Waals surface area contributed by atoms with Gasteiger partial charge in [0, 0.05) is 44.6 Å². The molecule has 1 fully saturated rings. The number of piperazine rings is 1. The Hall–Kier alpha value is -2.72. The predicted molar refractivity (Wildman–Crippen MR) is 105 cm³/mol. The van der Waals surface area contributed by atoms with Gasteiger partial charge in [-0.25, -0.2) is 9.97 Å². The molecule has 0 bridgehead atoms. The van der Waals surface area contributed by atoms with Gasteiger partial charge in [0.15, 0.2) is 0 Å². The molecule has 1 aliphatic rings. The lowest BCUT2D eigenvalue weighted by Gasteiger charge is -2.39. The van der Waals surface area contributed by atoms with Crippen molar-refractivity contribution in [1.82, 2.24) is 14.9 Å². The maximum atomic E-state index is 4.39. The molecule has 0 amide bonds. The van der Waals surface area contributed by atoms with Crippen molar-refractivity contribution in [1.29, 1.82) is 0 Å². The first-order chi connectivity index (χ1) is 12.9. The van der Waals surface area contributed by atoms with Gasteiger partial charge in [0.25, 0.3) is 0 Å². The summed E-state index contributed by atoms with van der Waals surface area (Å²) in [7, 11) is 0. The molecule has 4 rings (SSSR count). The van der Waals surface area contributed by atoms with Crippen LogP contribution in [0.2, 0.25) is 0 Å². The molecule has 1 atom stereocenters. The van der Waals surface area contributed by atoms with Gasteiger partial charge in [-0.3, -0.25) is 4.90 Å². The number of hydrogen-bond donors (Lipinski definition) is 0. The average molecular weight is 344 g/mol. The molecule has 26 heavy (non-hydrogen) atoms. The van der Waals surface area contributed by atoms with Crippen LogP contribution in [-0.2, 0) is 6.42 Å². The van der Waals surface area contributed by atoms with Crippen molar-refractivity contribution < 1.29 is 0 Å². The molecule has 1 saturated heterocycles. The Morgan fingerprint density at radius 1 is 0.731 bits per heavy atom. The number of nitrogens with zero attached hydrogens (tertiary/aromatic N) is 4. The van der Waals surface area contributed by atoms with E-state index < -0.39 is 0 Å². The van der Waals surface area contributed by atoms with E-state index in [4.69, 9.17) is 0 Å². The second-order valence-electron chi connectivity index (χ2n) is 6.69. The normalized spacial score (nSPS) is 16.4. The van der Waals surface area contributed by atoms with E-state index in [1.807, 2.05) is 18.5 Å². The smallest absolute Gasteiger partial charge is 0.225 e. The zero-order chi connectivity index (χ0) is 17.6. The molecule has 4 nitrogen and oxygen atoms in total. The van der Waals surface area contributed by atoms with Gasteiger partial charge in [-0.2, -0.15) is 0 Å². The van der Waals surface area contributed by atoms with Crippen LogP contribution in [0.25, 0.3) is 0 Å². The summed E-state index contributed by atoms with van der Waals surface area (Å²) in [6.45, 7) is 3.96. The summed E-state index contributed by atoms with van der Waals surface area (Å²) < 4.78 is 0. The van der Waals surface area contributed by atoms with E-state index in [1.165, 1.54) is 11.1 Å². The second-order valence-corrected chi connectivity index (χ2v) is 6.69. The van der Waals surface area contributed by atoms with Crippen LogP contribution in [0.3, 0.4) is 0 Å². The molecule has 1 unspecified atom stereocenters. The molecule has 0 radical (unpaired) electrons. The van der Waals surface area contributed by atoms with Crippen LogP contribution < -0.4 is 4.90 Å². The van der Waals surface area contributed by atoms with E-state index in [0.29, 0.717) is 6.04 Å². The van der Waals surface area contributed by atoms with Gasteiger partial charge < -0.3 is 4.90 Å². The van der Waals surface area contributed by atoms with Crippen molar-refractivity contribution in [3.8, 4) is 0 Å². The van der Waals surface area contributed by atoms with Gasteiger partial charge in [0.2, 0.25) is 5.95 Å². The molecule has 2 heterocycles. The second kappa shape index (κ2) is 8.11. The molecule has 0 aliphatic carbocycles. The van der Waals surface area contributed by atoms with E-state index in [9.17, 15) is 0 Å². The van der Waals surface area contributed by atoms with Gasteiger partial charge in [0.1, 0.15) is 0 Å². The van der Waals surface area contributed by atoms with E-state index >= 15 is 0 Å². The molecule has 0 saturated carbocycles. The molecule has 3 aromatic rings. The maximum Gasteiger partial charge on any atom is 0.225 e. The van der Waals surface area contributed by atoms with Crippen molar-refractivity contribution in [3.63, 3.8) is 0 Å². The highest BCUT2D eigenvalue weighted by molar-refractivity contribution is 5.30. The monoisotopic (exact) mass is 344 g/mol. The minimum absolute atomic E-state index is 0.400. The lowest BCUT2D eigenvalue weighted by molar-refractivity contribution is 0.184. The molecule has 0 N–H and O–H groups in total. The van der Waals surface area contributed by atoms with Crippen LogP contribution in [0.1, 0.15) is 17.2 Å². The summed E-state index contributed by atoms with van der Waals surface area (Å²) in [6.07, 6.45) is 4.67. The van der Waals surface area contributed by atoms with Crippen molar-refractivity contribution in [2.24, 2.45) is 0 Å². The minimum Gasteiger partial charge on any atom is -0.338 e. The molecule has 0 spiro atoms. The highest BCUT2D eigenvalue weighted by atomic mass is 15.3. The molecule has 4 heteroatoms. The zero-order valence-corrected chi connectivity index (χ0v) is 14.9. The fourth-order valence-electron chi connectivity index (χ4n) is 3.66. The van der Waals surface area contributed by atoms with Gasteiger partial charge in [0.05, 0.1) is 0 Å². The third kappa shape index (κ3) is 3.92. The molecule has 2 aromatic carbocycles. The quantitative estimate of drug-likeness (QED) is 0.708. The number of rotatable bonds is 5. The Labute approximate surface area is 155 Å². The maximum absolute atomic E-state index is 4.39. The summed E-state index contributed by atoms with van der Waals surface area (Å²) in [5.41, 5.74) is 2.77. The van der Waals surface area contributed by atoms with E-state index in [0.717, 1.165) is 38.5 Å². The van der Waals surface area contributed by atoms with Crippen LogP contribution in [0.5, 0.6) is 0 Å². The first kappa shape index (κ1) is 16.7. The summed E-state index contributed by atoms with van der Waals surface area (Å²) in [6, 6.07) is 23.9. The summed E-state index contributed by atoms with van der Waals surface area (Å²) >= 11 is 0. The lowest BCUT2D eigenvalue weighted by atomic mass is 9.96. The van der Waals surface area contributed by atoms with Crippen LogP contribution >= 0.6 is 0 Å². The van der Waals surface area contributed by atoms with Gasteiger partial charge in [-0.05, 0) is 23.6 Å². The number of benzene rings is 2. The van der Waals surface area contributed by atoms with Gasteiger partial charge in [-0.1, -0.05) is 60.7 Å². The summed E-state index contributed by atoms with van der Waals surface area (Å²) in [4.78, 5) is 13.7. The van der Waals surface area contributed by atoms with Crippen LogP contribution in [0.4, 0.5) is 5.95 Å². The van der Waals surface area contributed by atoms with Crippen LogP contribution in [-0.4, -0.2) is 41.0 Å². The molecular formula is C22H24N4. The molecule has 132 valence electrons. The molecule has 1 aromatic heterocycles. The first-order valence-electron chi connectivity index (χ1n) is 9.25. The van der Waals surface area contributed by atoms with Crippen LogP contribution in [0, 0.1) is 0 Å². The summed E-state index contributed by atoms with van der Waals surface area (Å²) in [5.74, 6) is 0.839. The SMILES string of the molecule is c1ccc(CC(c2ccccc2)N2CCN(c3ncccn3)CC2)cc1. The van der Waals surface area contributed by atoms with E-state index in [-0.39, 0.29) is 0 Å². The van der Waals surface area contributed by atoms with E-state index in [2.05, 4.69) is 80.4 Å². The molecule has 1 aliphatic heterocycles.